The van der Waals surface area contributed by atoms with Crippen molar-refractivity contribution in [1.82, 2.24) is 4.98 Å². The number of nitrogens with zero attached hydrogens (tertiary/aromatic N) is 1. The van der Waals surface area contributed by atoms with Gasteiger partial charge in [0.15, 0.2) is 6.10 Å². The lowest BCUT2D eigenvalue weighted by Crippen LogP contribution is -2.31. The molecule has 1 heterocycles. The summed E-state index contributed by atoms with van der Waals surface area (Å²) < 4.78 is 9.13. The summed E-state index contributed by atoms with van der Waals surface area (Å²) in [6, 6.07) is 1.32. The zero-order chi connectivity index (χ0) is 14.4. The van der Waals surface area contributed by atoms with Gasteiger partial charge in [-0.2, -0.15) is 0 Å². The average molecular weight is 269 g/mol. The van der Waals surface area contributed by atoms with E-state index in [2.05, 4.69) is 14.5 Å². The number of pyridine rings is 1. The van der Waals surface area contributed by atoms with Gasteiger partial charge < -0.3 is 19.7 Å². The van der Waals surface area contributed by atoms with Crippen molar-refractivity contribution < 1.29 is 29.3 Å². The number of aliphatic hydroxyl groups is 2. The number of aromatic nitrogens is 1. The molecule has 0 aliphatic rings. The van der Waals surface area contributed by atoms with Crippen LogP contribution in [-0.4, -0.2) is 47.0 Å². The van der Waals surface area contributed by atoms with E-state index in [1.807, 2.05) is 0 Å². The van der Waals surface area contributed by atoms with Crippen LogP contribution in [0.2, 0.25) is 0 Å². The van der Waals surface area contributed by atoms with E-state index in [-0.39, 0.29) is 17.7 Å². The summed E-state index contributed by atoms with van der Waals surface area (Å²) in [5.74, 6) is -1.68. The topological polar surface area (TPSA) is 106 Å². The summed E-state index contributed by atoms with van der Waals surface area (Å²) in [5.41, 5.74) is 0.0169. The van der Waals surface area contributed by atoms with Gasteiger partial charge in [-0.3, -0.25) is 4.98 Å². The lowest BCUT2D eigenvalue weighted by Gasteiger charge is -2.18. The fourth-order valence-electron chi connectivity index (χ4n) is 1.46. The standard InChI is InChI=1S/C12H15NO6/c1-3-19-12(17)10(15)9(14)8-6-13-5-4-7(8)11(16)18-2/h4-6,9-10,14-15H,3H2,1-2H3. The van der Waals surface area contributed by atoms with Gasteiger partial charge in [-0.15, -0.1) is 0 Å². The average Bonchev–Trinajstić information content (AvgIpc) is 2.45. The number of hydrogen-bond donors (Lipinski definition) is 2. The first-order valence-electron chi connectivity index (χ1n) is 5.57. The highest BCUT2D eigenvalue weighted by atomic mass is 16.5. The Morgan fingerprint density at radius 3 is 2.68 bits per heavy atom. The van der Waals surface area contributed by atoms with Crippen LogP contribution in [0, 0.1) is 0 Å². The highest BCUT2D eigenvalue weighted by Gasteiger charge is 2.30. The van der Waals surface area contributed by atoms with E-state index >= 15 is 0 Å². The van der Waals surface area contributed by atoms with Crippen molar-refractivity contribution in [1.29, 1.82) is 0 Å². The molecule has 0 amide bonds. The van der Waals surface area contributed by atoms with Crippen LogP contribution in [-0.2, 0) is 14.3 Å². The van der Waals surface area contributed by atoms with Crippen LogP contribution in [0.25, 0.3) is 0 Å². The largest absolute Gasteiger partial charge is 0.465 e. The molecule has 104 valence electrons. The minimum atomic E-state index is -1.80. The molecular formula is C12H15NO6. The highest BCUT2D eigenvalue weighted by molar-refractivity contribution is 5.91. The molecule has 0 aliphatic heterocycles. The number of rotatable bonds is 5. The number of methoxy groups -OCH3 is 1. The Kier molecular flexibility index (Phi) is 5.40. The van der Waals surface area contributed by atoms with Gasteiger partial charge >= 0.3 is 11.9 Å². The molecule has 0 aliphatic carbocycles. The maximum atomic E-state index is 11.5. The summed E-state index contributed by atoms with van der Waals surface area (Å²) in [5, 5.41) is 19.6. The second kappa shape index (κ2) is 6.81. The Morgan fingerprint density at radius 2 is 2.11 bits per heavy atom. The van der Waals surface area contributed by atoms with Gasteiger partial charge in [0.25, 0.3) is 0 Å². The summed E-state index contributed by atoms with van der Waals surface area (Å²) >= 11 is 0. The first kappa shape index (κ1) is 15.1. The highest BCUT2D eigenvalue weighted by Crippen LogP contribution is 2.21. The summed E-state index contributed by atoms with van der Waals surface area (Å²) in [6.45, 7) is 1.64. The third kappa shape index (κ3) is 3.49. The zero-order valence-corrected chi connectivity index (χ0v) is 10.6. The number of aliphatic hydroxyl groups excluding tert-OH is 2. The molecule has 0 spiro atoms. The quantitative estimate of drug-likeness (QED) is 0.714. The van der Waals surface area contributed by atoms with E-state index in [0.717, 1.165) is 0 Å². The maximum Gasteiger partial charge on any atom is 0.338 e. The summed E-state index contributed by atoms with van der Waals surface area (Å²) in [6.07, 6.45) is -0.909. The third-order valence-corrected chi connectivity index (χ3v) is 2.40. The molecule has 0 saturated heterocycles. The van der Waals surface area contributed by atoms with Crippen molar-refractivity contribution in [3.63, 3.8) is 0 Å². The van der Waals surface area contributed by atoms with Crippen molar-refractivity contribution in [3.8, 4) is 0 Å². The minimum Gasteiger partial charge on any atom is -0.465 e. The van der Waals surface area contributed by atoms with Crippen LogP contribution in [0.4, 0.5) is 0 Å². The molecule has 1 aromatic heterocycles. The SMILES string of the molecule is CCOC(=O)C(O)C(O)c1cnccc1C(=O)OC. The minimum absolute atomic E-state index is 0.00472. The Hall–Kier alpha value is -1.99. The lowest BCUT2D eigenvalue weighted by atomic mass is 10.0. The van der Waals surface area contributed by atoms with Crippen molar-refractivity contribution >= 4 is 11.9 Å². The molecule has 1 rings (SSSR count). The molecular weight excluding hydrogens is 254 g/mol. The lowest BCUT2D eigenvalue weighted by molar-refractivity contribution is -0.159. The molecule has 2 unspecified atom stereocenters. The zero-order valence-electron chi connectivity index (χ0n) is 10.6. The van der Waals surface area contributed by atoms with E-state index in [1.54, 1.807) is 6.92 Å². The van der Waals surface area contributed by atoms with Crippen LogP contribution in [0.3, 0.4) is 0 Å². The molecule has 19 heavy (non-hydrogen) atoms. The van der Waals surface area contributed by atoms with Crippen molar-refractivity contribution in [3.05, 3.63) is 29.6 Å². The van der Waals surface area contributed by atoms with Gasteiger partial charge in [0.2, 0.25) is 0 Å². The van der Waals surface area contributed by atoms with Crippen molar-refractivity contribution in [2.24, 2.45) is 0 Å². The third-order valence-electron chi connectivity index (χ3n) is 2.40. The number of carbonyl (C=O) groups is 2. The van der Waals surface area contributed by atoms with E-state index in [4.69, 9.17) is 0 Å². The maximum absolute atomic E-state index is 11.5. The molecule has 0 bridgehead atoms. The number of ether oxygens (including phenoxy) is 2. The second-order valence-corrected chi connectivity index (χ2v) is 3.60. The van der Waals surface area contributed by atoms with Crippen LogP contribution in [0.5, 0.6) is 0 Å². The Balaban J connectivity index is 3.02. The van der Waals surface area contributed by atoms with E-state index in [0.29, 0.717) is 0 Å². The fraction of sp³-hybridized carbons (Fsp3) is 0.417. The van der Waals surface area contributed by atoms with Gasteiger partial charge in [-0.1, -0.05) is 0 Å². The fourth-order valence-corrected chi connectivity index (χ4v) is 1.46. The van der Waals surface area contributed by atoms with Gasteiger partial charge in [0.1, 0.15) is 6.10 Å². The molecule has 7 nitrogen and oxygen atoms in total. The predicted molar refractivity (Wildman–Crippen MR) is 63.2 cm³/mol. The summed E-state index contributed by atoms with van der Waals surface area (Å²) in [7, 11) is 1.18. The number of esters is 2. The van der Waals surface area contributed by atoms with Gasteiger partial charge in [-0.25, -0.2) is 9.59 Å². The number of hydrogen-bond acceptors (Lipinski definition) is 7. The Labute approximate surface area is 109 Å². The van der Waals surface area contributed by atoms with Crippen LogP contribution < -0.4 is 0 Å². The predicted octanol–water partition coefficient (Wildman–Crippen LogP) is -0.174. The van der Waals surface area contributed by atoms with Crippen LogP contribution in [0.15, 0.2) is 18.5 Å². The van der Waals surface area contributed by atoms with E-state index < -0.39 is 24.1 Å². The molecule has 0 aromatic carbocycles. The second-order valence-electron chi connectivity index (χ2n) is 3.60. The molecule has 0 fully saturated rings. The first-order valence-corrected chi connectivity index (χ1v) is 5.57. The van der Waals surface area contributed by atoms with Gasteiger partial charge in [0, 0.05) is 18.0 Å². The molecule has 2 N–H and O–H groups in total. The van der Waals surface area contributed by atoms with E-state index in [1.165, 1.54) is 25.6 Å². The molecule has 0 saturated carbocycles. The molecule has 7 heteroatoms. The van der Waals surface area contributed by atoms with Crippen LogP contribution >= 0.6 is 0 Å². The van der Waals surface area contributed by atoms with Gasteiger partial charge in [-0.05, 0) is 13.0 Å². The Bertz CT molecular complexity index is 461. The molecule has 2 atom stereocenters. The number of carbonyl (C=O) groups excluding carboxylic acids is 2. The normalized spacial score (nSPS) is 13.5. The van der Waals surface area contributed by atoms with E-state index in [9.17, 15) is 19.8 Å². The molecule has 0 radical (unpaired) electrons. The van der Waals surface area contributed by atoms with Crippen molar-refractivity contribution in [2.45, 2.75) is 19.1 Å². The smallest absolute Gasteiger partial charge is 0.338 e. The first-order chi connectivity index (χ1) is 9.02. The monoisotopic (exact) mass is 269 g/mol. The Morgan fingerprint density at radius 1 is 1.42 bits per heavy atom. The van der Waals surface area contributed by atoms with Gasteiger partial charge in [0.05, 0.1) is 19.3 Å². The molecule has 1 aromatic rings. The van der Waals surface area contributed by atoms with Crippen molar-refractivity contribution in [2.75, 3.05) is 13.7 Å². The van der Waals surface area contributed by atoms with Crippen LogP contribution in [0.1, 0.15) is 28.9 Å². The summed E-state index contributed by atoms with van der Waals surface area (Å²) in [4.78, 5) is 26.6.